The summed E-state index contributed by atoms with van der Waals surface area (Å²) in [6.45, 7) is 13.1. The van der Waals surface area contributed by atoms with Crippen LogP contribution in [0.2, 0.25) is 39.3 Å². The molecule has 0 aromatic carbocycles. The van der Waals surface area contributed by atoms with Crippen molar-refractivity contribution in [3.63, 3.8) is 0 Å². The first-order valence-corrected chi connectivity index (χ1v) is 12.4. The maximum Gasteiger partial charge on any atom is 0.241 e. The normalized spacial score (nSPS) is 21.4. The Bertz CT molecular complexity index is 304. The van der Waals surface area contributed by atoms with Crippen molar-refractivity contribution in [1.29, 1.82) is 0 Å². The zero-order valence-electron chi connectivity index (χ0n) is 11.0. The molecule has 92 valence electrons. The fraction of sp³-hybridized carbons (Fsp3) is 0.778. The van der Waals surface area contributed by atoms with E-state index >= 15 is 0 Å². The zero-order chi connectivity index (χ0) is 12.4. The summed E-state index contributed by atoms with van der Waals surface area (Å²) in [5.74, 6) is 0.775. The fourth-order valence-corrected chi connectivity index (χ4v) is 2.73. The highest BCUT2D eigenvalue weighted by molar-refractivity contribution is 6.75. The number of nitrogens with zero attached hydrogens (tertiary/aromatic N) is 2. The molecule has 1 atom stereocenters. The number of hydrogen-bond acceptors (Lipinski definition) is 5. The summed E-state index contributed by atoms with van der Waals surface area (Å²) >= 11 is 0. The van der Waals surface area contributed by atoms with Crippen molar-refractivity contribution in [3.05, 3.63) is 0 Å². The van der Waals surface area contributed by atoms with E-state index in [0.29, 0.717) is 0 Å². The van der Waals surface area contributed by atoms with Crippen molar-refractivity contribution in [3.8, 4) is 0 Å². The number of nitrogens with one attached hydrogen (secondary N) is 2. The Morgan fingerprint density at radius 1 is 1.25 bits per heavy atom. The molecule has 0 aromatic heterocycles. The van der Waals surface area contributed by atoms with Crippen molar-refractivity contribution >= 4 is 28.9 Å². The second-order valence-electron chi connectivity index (χ2n) is 5.83. The predicted molar refractivity (Wildman–Crippen MR) is 73.8 cm³/mol. The lowest BCUT2D eigenvalue weighted by atomic mass is 10.8. The van der Waals surface area contributed by atoms with Gasteiger partial charge < -0.3 is 14.7 Å². The van der Waals surface area contributed by atoms with E-state index in [1.807, 2.05) is 0 Å². The second kappa shape index (κ2) is 4.68. The molecular weight excluding hydrogens is 236 g/mol. The van der Waals surface area contributed by atoms with Crippen LogP contribution in [0.3, 0.4) is 0 Å². The standard InChI is InChI=1S/C9H22N4OSi2/c1-15(2,3)13-8-10-7-11-9(12-8)14-16(4,5)6/h7,9H,1-6H3,(H2,10,11,12,13). The molecule has 0 aliphatic carbocycles. The van der Waals surface area contributed by atoms with Crippen molar-refractivity contribution in [1.82, 2.24) is 10.3 Å². The largest absolute Gasteiger partial charge is 0.382 e. The van der Waals surface area contributed by atoms with Crippen molar-refractivity contribution in [2.75, 3.05) is 0 Å². The number of aliphatic imine (C=N–C) groups is 2. The van der Waals surface area contributed by atoms with Gasteiger partial charge in [-0.15, -0.1) is 0 Å². The Labute approximate surface area is 99.6 Å². The molecule has 1 aliphatic heterocycles. The van der Waals surface area contributed by atoms with E-state index in [2.05, 4.69) is 59.6 Å². The quantitative estimate of drug-likeness (QED) is 0.755. The topological polar surface area (TPSA) is 58.0 Å². The molecule has 7 heteroatoms. The van der Waals surface area contributed by atoms with Crippen LogP contribution in [0.1, 0.15) is 0 Å². The Kier molecular flexibility index (Phi) is 3.92. The van der Waals surface area contributed by atoms with E-state index < -0.39 is 16.6 Å². The van der Waals surface area contributed by atoms with Gasteiger partial charge in [0.25, 0.3) is 0 Å². The summed E-state index contributed by atoms with van der Waals surface area (Å²) in [7, 11) is -2.98. The van der Waals surface area contributed by atoms with Gasteiger partial charge in [0.05, 0.1) is 6.34 Å². The third-order valence-electron chi connectivity index (χ3n) is 1.60. The molecule has 1 heterocycles. The smallest absolute Gasteiger partial charge is 0.241 e. The molecule has 16 heavy (non-hydrogen) atoms. The molecule has 0 radical (unpaired) electrons. The van der Waals surface area contributed by atoms with Gasteiger partial charge in [0, 0.05) is 0 Å². The lowest BCUT2D eigenvalue weighted by Gasteiger charge is -2.26. The van der Waals surface area contributed by atoms with Gasteiger partial charge in [-0.1, -0.05) is 19.6 Å². The average Bonchev–Trinajstić information content (AvgIpc) is 1.96. The number of guanidine groups is 1. The Morgan fingerprint density at radius 3 is 2.38 bits per heavy atom. The second-order valence-corrected chi connectivity index (χ2v) is 15.0. The molecule has 2 N–H and O–H groups in total. The van der Waals surface area contributed by atoms with E-state index in [1.54, 1.807) is 6.34 Å². The molecule has 0 saturated heterocycles. The third-order valence-corrected chi connectivity index (χ3v) is 3.50. The van der Waals surface area contributed by atoms with Gasteiger partial charge in [-0.25, -0.2) is 9.98 Å². The molecular formula is C9H22N4OSi2. The van der Waals surface area contributed by atoms with Gasteiger partial charge in [0.2, 0.25) is 6.35 Å². The zero-order valence-corrected chi connectivity index (χ0v) is 13.0. The molecule has 1 aliphatic rings. The minimum Gasteiger partial charge on any atom is -0.382 e. The van der Waals surface area contributed by atoms with Crippen LogP contribution in [-0.4, -0.2) is 35.2 Å². The molecule has 0 saturated carbocycles. The molecule has 0 amide bonds. The first kappa shape index (κ1) is 13.4. The van der Waals surface area contributed by atoms with Crippen molar-refractivity contribution < 1.29 is 4.43 Å². The summed E-state index contributed by atoms with van der Waals surface area (Å²) in [5, 5.41) is 3.01. The summed E-state index contributed by atoms with van der Waals surface area (Å²) in [5.41, 5.74) is 0. The van der Waals surface area contributed by atoms with E-state index in [0.717, 1.165) is 5.96 Å². The van der Waals surface area contributed by atoms with E-state index in [1.165, 1.54) is 0 Å². The summed E-state index contributed by atoms with van der Waals surface area (Å²) in [6, 6.07) is 0. The van der Waals surface area contributed by atoms with Crippen molar-refractivity contribution in [2.24, 2.45) is 9.98 Å². The van der Waals surface area contributed by atoms with Crippen LogP contribution in [0.5, 0.6) is 0 Å². The fourth-order valence-electron chi connectivity index (χ4n) is 1.14. The SMILES string of the molecule is C[Si](C)(C)NC1=NC(O[Si](C)(C)C)N=CN1. The minimum atomic E-state index is -1.60. The molecule has 0 bridgehead atoms. The van der Waals surface area contributed by atoms with E-state index in [9.17, 15) is 0 Å². The predicted octanol–water partition coefficient (Wildman–Crippen LogP) is 1.53. The van der Waals surface area contributed by atoms with Crippen LogP contribution in [0.15, 0.2) is 9.98 Å². The highest BCUT2D eigenvalue weighted by Crippen LogP contribution is 2.10. The van der Waals surface area contributed by atoms with Crippen LogP contribution >= 0.6 is 0 Å². The van der Waals surface area contributed by atoms with Crippen LogP contribution < -0.4 is 10.3 Å². The molecule has 5 nitrogen and oxygen atoms in total. The van der Waals surface area contributed by atoms with Gasteiger partial charge >= 0.3 is 0 Å². The first-order chi connectivity index (χ1) is 7.16. The van der Waals surface area contributed by atoms with Crippen LogP contribution in [-0.2, 0) is 4.43 Å². The lowest BCUT2D eigenvalue weighted by Crippen LogP contribution is -2.52. The maximum atomic E-state index is 5.81. The van der Waals surface area contributed by atoms with Crippen LogP contribution in [0, 0.1) is 0 Å². The molecule has 0 spiro atoms. The van der Waals surface area contributed by atoms with Gasteiger partial charge in [-0.3, -0.25) is 0 Å². The summed E-state index contributed by atoms with van der Waals surface area (Å²) in [6.07, 6.45) is 1.27. The average molecular weight is 258 g/mol. The van der Waals surface area contributed by atoms with Gasteiger partial charge in [-0.05, 0) is 19.6 Å². The third kappa shape index (κ3) is 5.43. The van der Waals surface area contributed by atoms with Crippen molar-refractivity contribution in [2.45, 2.75) is 45.6 Å². The van der Waals surface area contributed by atoms with Crippen LogP contribution in [0.25, 0.3) is 0 Å². The number of rotatable bonds is 3. The van der Waals surface area contributed by atoms with E-state index in [4.69, 9.17) is 4.43 Å². The molecule has 0 fully saturated rings. The minimum absolute atomic E-state index is 0.383. The van der Waals surface area contributed by atoms with Crippen LogP contribution in [0.4, 0.5) is 0 Å². The summed E-state index contributed by atoms with van der Waals surface area (Å²) < 4.78 is 5.81. The highest BCUT2D eigenvalue weighted by Gasteiger charge is 2.23. The van der Waals surface area contributed by atoms with E-state index in [-0.39, 0.29) is 6.35 Å². The Hall–Kier alpha value is -0.666. The molecule has 0 aromatic rings. The molecule has 1 unspecified atom stereocenters. The summed E-state index contributed by atoms with van der Waals surface area (Å²) in [4.78, 5) is 12.0. The van der Waals surface area contributed by atoms with Gasteiger partial charge in [-0.2, -0.15) is 0 Å². The monoisotopic (exact) mass is 258 g/mol. The van der Waals surface area contributed by atoms with Gasteiger partial charge in [0.1, 0.15) is 8.24 Å². The Balaban J connectivity index is 2.62. The lowest BCUT2D eigenvalue weighted by molar-refractivity contribution is 0.212. The molecule has 1 rings (SSSR count). The maximum absolute atomic E-state index is 5.81. The number of hydrogen-bond donors (Lipinski definition) is 2. The van der Waals surface area contributed by atoms with Gasteiger partial charge in [0.15, 0.2) is 14.3 Å². The highest BCUT2D eigenvalue weighted by atomic mass is 28.4. The Morgan fingerprint density at radius 2 is 1.88 bits per heavy atom. The first-order valence-electron chi connectivity index (χ1n) is 5.48.